The van der Waals surface area contributed by atoms with E-state index in [1.807, 2.05) is 17.6 Å². The van der Waals surface area contributed by atoms with Crippen LogP contribution < -0.4 is 5.32 Å². The van der Waals surface area contributed by atoms with E-state index >= 15 is 0 Å². The Bertz CT molecular complexity index is 977. The van der Waals surface area contributed by atoms with Gasteiger partial charge in [-0.25, -0.2) is 0 Å². The molecule has 0 unspecified atom stereocenters. The van der Waals surface area contributed by atoms with Gasteiger partial charge in [0.05, 0.1) is 15.8 Å². The molecule has 0 radical (unpaired) electrons. The summed E-state index contributed by atoms with van der Waals surface area (Å²) in [5.41, 5.74) is 1.47. The van der Waals surface area contributed by atoms with E-state index in [4.69, 9.17) is 34.8 Å². The van der Waals surface area contributed by atoms with Crippen molar-refractivity contribution >= 4 is 58.2 Å². The van der Waals surface area contributed by atoms with Gasteiger partial charge in [0.1, 0.15) is 0 Å². The predicted octanol–water partition coefficient (Wildman–Crippen LogP) is 5.66. The Kier molecular flexibility index (Phi) is 6.65. The highest BCUT2D eigenvalue weighted by Gasteiger charge is 2.15. The van der Waals surface area contributed by atoms with Gasteiger partial charge in [-0.1, -0.05) is 52.6 Å². The largest absolute Gasteiger partial charge is 0.325 e. The van der Waals surface area contributed by atoms with E-state index in [9.17, 15) is 4.79 Å². The highest BCUT2D eigenvalue weighted by Crippen LogP contribution is 2.29. The fraction of sp³-hybridized carbons (Fsp3) is 0.167. The van der Waals surface area contributed by atoms with Crippen molar-refractivity contribution in [2.24, 2.45) is 0 Å². The maximum Gasteiger partial charge on any atom is 0.234 e. The number of carbonyl (C=O) groups is 1. The minimum Gasteiger partial charge on any atom is -0.325 e. The third-order valence-corrected chi connectivity index (χ3v) is 5.59. The number of hydrogen-bond acceptors (Lipinski definition) is 4. The van der Waals surface area contributed by atoms with E-state index in [0.717, 1.165) is 5.56 Å². The molecule has 0 saturated carbocycles. The van der Waals surface area contributed by atoms with Crippen LogP contribution in [0.3, 0.4) is 0 Å². The average Bonchev–Trinajstić information content (AvgIpc) is 3.05. The molecule has 0 aliphatic heterocycles. The van der Waals surface area contributed by atoms with Gasteiger partial charge in [-0.3, -0.25) is 4.79 Å². The summed E-state index contributed by atoms with van der Waals surface area (Å²) in [7, 11) is 0. The Morgan fingerprint density at radius 1 is 1.11 bits per heavy atom. The molecule has 1 amide bonds. The van der Waals surface area contributed by atoms with Gasteiger partial charge in [-0.05, 0) is 43.3 Å². The SMILES string of the molecule is CCn1c(SCC(=O)Nc2cccc(Cl)c2)nnc1-c1ccc(Cl)c(Cl)c1. The van der Waals surface area contributed by atoms with Crippen LogP contribution in [-0.2, 0) is 11.3 Å². The second-order valence-corrected chi connectivity index (χ2v) is 7.72. The van der Waals surface area contributed by atoms with Crippen LogP contribution in [-0.4, -0.2) is 26.4 Å². The van der Waals surface area contributed by atoms with E-state index in [1.54, 1.807) is 36.4 Å². The standard InChI is InChI=1S/C18H15Cl3N4OS/c1-2-25-17(11-6-7-14(20)15(21)8-11)23-24-18(25)27-10-16(26)22-13-5-3-4-12(19)9-13/h3-9H,2,10H2,1H3,(H,22,26). The van der Waals surface area contributed by atoms with Crippen molar-refractivity contribution in [3.63, 3.8) is 0 Å². The summed E-state index contributed by atoms with van der Waals surface area (Å²) in [5.74, 6) is 0.726. The molecule has 2 aromatic carbocycles. The molecule has 0 spiro atoms. The van der Waals surface area contributed by atoms with Gasteiger partial charge < -0.3 is 9.88 Å². The Balaban J connectivity index is 1.71. The lowest BCUT2D eigenvalue weighted by Crippen LogP contribution is -2.14. The summed E-state index contributed by atoms with van der Waals surface area (Å²) >= 11 is 19.3. The number of anilines is 1. The van der Waals surface area contributed by atoms with Gasteiger partial charge in [0.25, 0.3) is 0 Å². The van der Waals surface area contributed by atoms with Crippen LogP contribution in [0.2, 0.25) is 15.1 Å². The van der Waals surface area contributed by atoms with Gasteiger partial charge in [-0.15, -0.1) is 10.2 Å². The summed E-state index contributed by atoms with van der Waals surface area (Å²) in [6.45, 7) is 2.64. The number of nitrogens with zero attached hydrogens (tertiary/aromatic N) is 3. The van der Waals surface area contributed by atoms with Crippen molar-refractivity contribution in [1.82, 2.24) is 14.8 Å². The topological polar surface area (TPSA) is 59.8 Å². The minimum absolute atomic E-state index is 0.149. The van der Waals surface area contributed by atoms with Crippen molar-refractivity contribution in [2.45, 2.75) is 18.6 Å². The van der Waals surface area contributed by atoms with Gasteiger partial charge in [-0.2, -0.15) is 0 Å². The zero-order chi connectivity index (χ0) is 19.4. The van der Waals surface area contributed by atoms with Crippen molar-refractivity contribution < 1.29 is 4.79 Å². The van der Waals surface area contributed by atoms with Crippen LogP contribution in [0.5, 0.6) is 0 Å². The molecule has 140 valence electrons. The third kappa shape index (κ3) is 4.96. The zero-order valence-corrected chi connectivity index (χ0v) is 17.3. The van der Waals surface area contributed by atoms with E-state index in [-0.39, 0.29) is 11.7 Å². The number of halogens is 3. The maximum atomic E-state index is 12.2. The molecule has 5 nitrogen and oxygen atoms in total. The first-order valence-electron chi connectivity index (χ1n) is 8.04. The van der Waals surface area contributed by atoms with E-state index in [0.29, 0.717) is 38.3 Å². The molecular formula is C18H15Cl3N4OS. The van der Waals surface area contributed by atoms with E-state index in [1.165, 1.54) is 11.8 Å². The van der Waals surface area contributed by atoms with E-state index in [2.05, 4.69) is 15.5 Å². The molecule has 1 heterocycles. The quantitative estimate of drug-likeness (QED) is 0.502. The smallest absolute Gasteiger partial charge is 0.234 e. The van der Waals surface area contributed by atoms with Crippen LogP contribution in [0.4, 0.5) is 5.69 Å². The molecule has 0 saturated heterocycles. The number of benzene rings is 2. The number of amides is 1. The Morgan fingerprint density at radius 3 is 2.63 bits per heavy atom. The summed E-state index contributed by atoms with van der Waals surface area (Å²) < 4.78 is 1.93. The first-order valence-corrected chi connectivity index (χ1v) is 10.2. The number of rotatable bonds is 6. The lowest BCUT2D eigenvalue weighted by molar-refractivity contribution is -0.113. The Labute approximate surface area is 176 Å². The maximum absolute atomic E-state index is 12.2. The molecule has 1 N–H and O–H groups in total. The first kappa shape index (κ1) is 20.0. The lowest BCUT2D eigenvalue weighted by Gasteiger charge is -2.08. The second-order valence-electron chi connectivity index (χ2n) is 5.53. The van der Waals surface area contributed by atoms with Crippen molar-refractivity contribution in [3.05, 3.63) is 57.5 Å². The zero-order valence-electron chi connectivity index (χ0n) is 14.2. The molecule has 0 aliphatic rings. The number of carbonyl (C=O) groups excluding carboxylic acids is 1. The molecule has 27 heavy (non-hydrogen) atoms. The number of hydrogen-bond donors (Lipinski definition) is 1. The molecular weight excluding hydrogens is 427 g/mol. The molecule has 3 aromatic rings. The first-order chi connectivity index (χ1) is 13.0. The van der Waals surface area contributed by atoms with Gasteiger partial charge in [0.2, 0.25) is 5.91 Å². The highest BCUT2D eigenvalue weighted by molar-refractivity contribution is 7.99. The Morgan fingerprint density at radius 2 is 1.93 bits per heavy atom. The third-order valence-electron chi connectivity index (χ3n) is 3.65. The fourth-order valence-electron chi connectivity index (χ4n) is 2.42. The molecule has 0 aliphatic carbocycles. The highest BCUT2D eigenvalue weighted by atomic mass is 35.5. The molecule has 0 fully saturated rings. The van der Waals surface area contributed by atoms with Crippen molar-refractivity contribution in [2.75, 3.05) is 11.1 Å². The van der Waals surface area contributed by atoms with Crippen LogP contribution in [0.25, 0.3) is 11.4 Å². The predicted molar refractivity (Wildman–Crippen MR) is 112 cm³/mol. The molecule has 9 heteroatoms. The van der Waals surface area contributed by atoms with Crippen LogP contribution in [0, 0.1) is 0 Å². The molecule has 1 aromatic heterocycles. The van der Waals surface area contributed by atoms with Crippen molar-refractivity contribution in [1.29, 1.82) is 0 Å². The van der Waals surface area contributed by atoms with Crippen molar-refractivity contribution in [3.8, 4) is 11.4 Å². The summed E-state index contributed by atoms with van der Waals surface area (Å²) in [5, 5.41) is 13.4. The minimum atomic E-state index is -0.149. The number of thioether (sulfide) groups is 1. The Hall–Kier alpha value is -1.73. The monoisotopic (exact) mass is 440 g/mol. The van der Waals surface area contributed by atoms with Crippen LogP contribution in [0.15, 0.2) is 47.6 Å². The summed E-state index contributed by atoms with van der Waals surface area (Å²) in [6, 6.07) is 12.3. The van der Waals surface area contributed by atoms with Crippen LogP contribution >= 0.6 is 46.6 Å². The lowest BCUT2D eigenvalue weighted by atomic mass is 10.2. The molecule has 0 bridgehead atoms. The average molecular weight is 442 g/mol. The summed E-state index contributed by atoms with van der Waals surface area (Å²) in [6.07, 6.45) is 0. The number of nitrogens with one attached hydrogen (secondary N) is 1. The fourth-order valence-corrected chi connectivity index (χ4v) is 3.71. The number of aromatic nitrogens is 3. The van der Waals surface area contributed by atoms with Crippen LogP contribution in [0.1, 0.15) is 6.92 Å². The summed E-state index contributed by atoms with van der Waals surface area (Å²) in [4.78, 5) is 12.2. The van der Waals surface area contributed by atoms with Gasteiger partial charge >= 0.3 is 0 Å². The van der Waals surface area contributed by atoms with E-state index < -0.39 is 0 Å². The normalized spacial score (nSPS) is 10.8. The molecule has 0 atom stereocenters. The van der Waals surface area contributed by atoms with Gasteiger partial charge in [0, 0.05) is 22.8 Å². The second kappa shape index (κ2) is 8.97. The van der Waals surface area contributed by atoms with Gasteiger partial charge in [0.15, 0.2) is 11.0 Å². The molecule has 3 rings (SSSR count).